The van der Waals surface area contributed by atoms with Gasteiger partial charge in [0.25, 0.3) is 0 Å². The van der Waals surface area contributed by atoms with E-state index < -0.39 is 24.1 Å². The molecule has 3 unspecified atom stereocenters. The Hall–Kier alpha value is -0.393. The number of hydrogen-bond acceptors (Lipinski definition) is 6. The van der Waals surface area contributed by atoms with E-state index in [2.05, 4.69) is 0 Å². The second-order valence-electron chi connectivity index (χ2n) is 4.96. The summed E-state index contributed by atoms with van der Waals surface area (Å²) in [7, 11) is -8.14. The quantitative estimate of drug-likeness (QED) is 0.427. The fourth-order valence-corrected chi connectivity index (χ4v) is 3.12. The first-order valence-electron chi connectivity index (χ1n) is 7.71. The summed E-state index contributed by atoms with van der Waals surface area (Å²) in [5.74, 6) is 0. The van der Waals surface area contributed by atoms with E-state index in [1.54, 1.807) is 91.0 Å². The Morgan fingerprint density at radius 2 is 0.607 bits per heavy atom. The van der Waals surface area contributed by atoms with Gasteiger partial charge in [0.15, 0.2) is 0 Å². The SMILES string of the molecule is O=[PH]([O-])c1ccccc1.O=[PH]([O-])c1ccccc1.O=[PH]([O-])c1ccccc1.[Ce+3]. The summed E-state index contributed by atoms with van der Waals surface area (Å²) >= 11 is 0. The fourth-order valence-electron chi connectivity index (χ4n) is 1.72. The topological polar surface area (TPSA) is 120 Å². The van der Waals surface area contributed by atoms with Gasteiger partial charge in [0.2, 0.25) is 0 Å². The van der Waals surface area contributed by atoms with Crippen LogP contribution in [0.15, 0.2) is 91.0 Å². The van der Waals surface area contributed by atoms with Crippen LogP contribution < -0.4 is 30.6 Å². The van der Waals surface area contributed by atoms with Crippen LogP contribution in [0.25, 0.3) is 0 Å². The van der Waals surface area contributed by atoms with Crippen LogP contribution in [0.5, 0.6) is 0 Å². The average Bonchev–Trinajstić information content (AvgIpc) is 2.71. The third kappa shape index (κ3) is 12.2. The van der Waals surface area contributed by atoms with Gasteiger partial charge in [-0.15, -0.1) is 0 Å². The number of hydrogen-bond donors (Lipinski definition) is 0. The van der Waals surface area contributed by atoms with Crippen molar-refractivity contribution in [3.05, 3.63) is 91.0 Å². The largest absolute Gasteiger partial charge is 3.00 e. The van der Waals surface area contributed by atoms with Crippen LogP contribution in [0.2, 0.25) is 0 Å². The zero-order chi connectivity index (χ0) is 20.1. The standard InChI is InChI=1S/3C6H7O2P.Ce/c3*7-9(8)6-4-2-1-3-5-6;/h3*1-5,9H,(H,7,8);/q;;;+3/p-3. The molecule has 145 valence electrons. The van der Waals surface area contributed by atoms with Crippen molar-refractivity contribution in [2.45, 2.75) is 0 Å². The molecule has 0 N–H and O–H groups in total. The molecule has 10 heteroatoms. The molecule has 0 fully saturated rings. The molecule has 0 bridgehead atoms. The zero-order valence-corrected chi connectivity index (χ0v) is 20.7. The molecule has 0 amide bonds. The van der Waals surface area contributed by atoms with E-state index in [4.69, 9.17) is 0 Å². The molecule has 0 aromatic heterocycles. The molecule has 3 rings (SSSR count). The predicted molar refractivity (Wildman–Crippen MR) is 105 cm³/mol. The molecular weight excluding hydrogens is 545 g/mol. The van der Waals surface area contributed by atoms with Gasteiger partial charge in [-0.05, 0) is 15.9 Å². The normalized spacial score (nSPS) is 12.5. The van der Waals surface area contributed by atoms with Crippen molar-refractivity contribution in [1.82, 2.24) is 0 Å². The fraction of sp³-hybridized carbons (Fsp3) is 0. The summed E-state index contributed by atoms with van der Waals surface area (Å²) in [5, 5.41) is 1.22. The van der Waals surface area contributed by atoms with Crippen LogP contribution in [0.1, 0.15) is 0 Å². The van der Waals surface area contributed by atoms with Gasteiger partial charge in [-0.25, -0.2) is 0 Å². The predicted octanol–water partition coefficient (Wildman–Crippen LogP) is 0.441. The van der Waals surface area contributed by atoms with Crippen molar-refractivity contribution in [2.75, 3.05) is 0 Å². The number of benzene rings is 3. The van der Waals surface area contributed by atoms with E-state index >= 15 is 0 Å². The van der Waals surface area contributed by atoms with Crippen LogP contribution in [0, 0.1) is 41.7 Å². The first-order valence-corrected chi connectivity index (χ1v) is 11.7. The van der Waals surface area contributed by atoms with Gasteiger partial charge in [-0.2, -0.15) is 0 Å². The Bertz CT molecular complexity index is 747. The van der Waals surface area contributed by atoms with Crippen molar-refractivity contribution in [1.29, 1.82) is 0 Å². The molecule has 0 saturated carbocycles. The van der Waals surface area contributed by atoms with Gasteiger partial charge in [0.1, 0.15) is 0 Å². The van der Waals surface area contributed by atoms with Gasteiger partial charge in [0.05, 0.1) is 0 Å². The molecular formula is C18H18CeO6P3. The van der Waals surface area contributed by atoms with Gasteiger partial charge >= 0.3 is 41.7 Å². The van der Waals surface area contributed by atoms with Gasteiger partial charge in [-0.1, -0.05) is 91.0 Å². The summed E-state index contributed by atoms with van der Waals surface area (Å²) in [6, 6.07) is 25.0. The maximum Gasteiger partial charge on any atom is 3.00 e. The molecule has 28 heavy (non-hydrogen) atoms. The van der Waals surface area contributed by atoms with Gasteiger partial charge in [-0.3, -0.25) is 0 Å². The van der Waals surface area contributed by atoms with Gasteiger partial charge in [0, 0.05) is 24.1 Å². The van der Waals surface area contributed by atoms with Crippen LogP contribution in [0.4, 0.5) is 0 Å². The first kappa shape index (κ1) is 27.6. The van der Waals surface area contributed by atoms with Crippen LogP contribution in [-0.4, -0.2) is 0 Å². The summed E-state index contributed by atoms with van der Waals surface area (Å²) in [6.07, 6.45) is 0. The van der Waals surface area contributed by atoms with E-state index in [1.807, 2.05) is 0 Å². The van der Waals surface area contributed by atoms with Crippen molar-refractivity contribution in [2.24, 2.45) is 0 Å². The maximum atomic E-state index is 10.3. The number of rotatable bonds is 3. The average molecular weight is 563 g/mol. The van der Waals surface area contributed by atoms with E-state index in [-0.39, 0.29) is 41.7 Å². The summed E-state index contributed by atoms with van der Waals surface area (Å²) in [4.78, 5) is 30.8. The third-order valence-electron chi connectivity index (χ3n) is 3.03. The van der Waals surface area contributed by atoms with Crippen molar-refractivity contribution < 1.29 is 70.1 Å². The minimum absolute atomic E-state index is 0. The molecule has 6 nitrogen and oxygen atoms in total. The summed E-state index contributed by atoms with van der Waals surface area (Å²) < 4.78 is 30.8. The second kappa shape index (κ2) is 16.4. The second-order valence-corrected chi connectivity index (χ2v) is 8.42. The molecule has 0 saturated heterocycles. The zero-order valence-electron chi connectivity index (χ0n) is 14.6. The van der Waals surface area contributed by atoms with Crippen molar-refractivity contribution >= 4 is 40.0 Å². The van der Waals surface area contributed by atoms with E-state index in [9.17, 15) is 28.4 Å². The third-order valence-corrected chi connectivity index (χ3v) is 5.44. The Balaban J connectivity index is 0.000000384. The van der Waals surface area contributed by atoms with Gasteiger partial charge < -0.3 is 28.4 Å². The Morgan fingerprint density at radius 3 is 0.714 bits per heavy atom. The molecule has 3 aromatic carbocycles. The Morgan fingerprint density at radius 1 is 0.429 bits per heavy atom. The molecule has 0 spiro atoms. The van der Waals surface area contributed by atoms with Crippen LogP contribution >= 0.6 is 24.1 Å². The van der Waals surface area contributed by atoms with E-state index in [0.29, 0.717) is 15.9 Å². The molecule has 0 aliphatic rings. The maximum absolute atomic E-state index is 10.3. The smallest absolute Gasteiger partial charge is 0.798 e. The first-order chi connectivity index (χ1) is 12.9. The molecule has 0 heterocycles. The van der Waals surface area contributed by atoms with Crippen molar-refractivity contribution in [3.63, 3.8) is 0 Å². The Kier molecular flexibility index (Phi) is 16.2. The minimum atomic E-state index is -2.71. The van der Waals surface area contributed by atoms with Crippen LogP contribution in [0.3, 0.4) is 0 Å². The molecule has 0 aliphatic carbocycles. The monoisotopic (exact) mass is 563 g/mol. The minimum Gasteiger partial charge on any atom is -0.798 e. The van der Waals surface area contributed by atoms with E-state index in [1.165, 1.54) is 0 Å². The van der Waals surface area contributed by atoms with E-state index in [0.717, 1.165) is 0 Å². The van der Waals surface area contributed by atoms with Crippen molar-refractivity contribution in [3.8, 4) is 0 Å². The summed E-state index contributed by atoms with van der Waals surface area (Å²) in [6.45, 7) is 0. The molecule has 3 aromatic rings. The molecule has 0 aliphatic heterocycles. The summed E-state index contributed by atoms with van der Waals surface area (Å²) in [5.41, 5.74) is 0. The van der Waals surface area contributed by atoms with Crippen LogP contribution in [-0.2, 0) is 13.7 Å². The molecule has 3 atom stereocenters. The Labute approximate surface area is 199 Å². The molecule has 1 radical (unpaired) electrons.